The van der Waals surface area contributed by atoms with E-state index in [1.54, 1.807) is 31.2 Å². The zero-order valence-corrected chi connectivity index (χ0v) is 10.0. The van der Waals surface area contributed by atoms with E-state index in [1.165, 1.54) is 0 Å². The van der Waals surface area contributed by atoms with Crippen LogP contribution in [0.25, 0.3) is 0 Å². The molecule has 0 saturated carbocycles. The fraction of sp³-hybridized carbons (Fsp3) is 0.100. The molecule has 0 heterocycles. The van der Waals surface area contributed by atoms with Gasteiger partial charge in [-0.3, -0.25) is 0 Å². The van der Waals surface area contributed by atoms with E-state index in [-0.39, 0.29) is 5.97 Å². The van der Waals surface area contributed by atoms with Crippen molar-refractivity contribution in [1.29, 1.82) is 0 Å². The maximum atomic E-state index is 11.0. The fourth-order valence-corrected chi connectivity index (χ4v) is 0.683. The van der Waals surface area contributed by atoms with Gasteiger partial charge in [-0.25, -0.2) is 9.36 Å². The molecule has 0 amide bonds. The highest BCUT2D eigenvalue weighted by Gasteiger charge is 2.03. The van der Waals surface area contributed by atoms with Crippen LogP contribution in [-0.2, 0) is 9.36 Å². The third-order valence-corrected chi connectivity index (χ3v) is 1.30. The Hall–Kier alpha value is -1.46. The summed E-state index contributed by atoms with van der Waals surface area (Å²) >= 11 is 0. The van der Waals surface area contributed by atoms with Crippen LogP contribution < -0.4 is 4.74 Å². The van der Waals surface area contributed by atoms with E-state index in [0.29, 0.717) is 11.3 Å². The maximum Gasteiger partial charge on any atom is 0.466 e. The molecule has 0 spiro atoms. The predicted molar refractivity (Wildman–Crippen MR) is 61.2 cm³/mol. The van der Waals surface area contributed by atoms with E-state index in [4.69, 9.17) is 24.0 Å². The van der Waals surface area contributed by atoms with E-state index < -0.39 is 7.82 Å². The first-order valence-electron chi connectivity index (χ1n) is 4.41. The van der Waals surface area contributed by atoms with Gasteiger partial charge in [0, 0.05) is 5.57 Å². The molecule has 17 heavy (non-hydrogen) atoms. The normalized spacial score (nSPS) is 9.88. The molecular weight excluding hydrogens is 247 g/mol. The number of hydrogen-bond donors (Lipinski definition) is 3. The lowest BCUT2D eigenvalue weighted by molar-refractivity contribution is -0.130. The molecule has 0 aliphatic heterocycles. The van der Waals surface area contributed by atoms with Gasteiger partial charge in [-0.05, 0) is 19.1 Å². The fourth-order valence-electron chi connectivity index (χ4n) is 0.683. The van der Waals surface area contributed by atoms with Crippen molar-refractivity contribution in [2.24, 2.45) is 0 Å². The molecule has 94 valence electrons. The Labute approximate surface area is 98.4 Å². The van der Waals surface area contributed by atoms with Crippen LogP contribution in [0, 0.1) is 0 Å². The van der Waals surface area contributed by atoms with Crippen molar-refractivity contribution in [3.05, 3.63) is 42.5 Å². The van der Waals surface area contributed by atoms with Crippen LogP contribution in [0.5, 0.6) is 5.75 Å². The highest BCUT2D eigenvalue weighted by atomic mass is 31.2. The minimum absolute atomic E-state index is 0.388. The van der Waals surface area contributed by atoms with Crippen LogP contribution >= 0.6 is 7.82 Å². The Balaban J connectivity index is 0.000000437. The number of hydrogen-bond acceptors (Lipinski definition) is 3. The molecule has 0 bridgehead atoms. The van der Waals surface area contributed by atoms with Gasteiger partial charge >= 0.3 is 13.8 Å². The van der Waals surface area contributed by atoms with Crippen molar-refractivity contribution in [3.63, 3.8) is 0 Å². The molecule has 0 unspecified atom stereocenters. The molecule has 1 rings (SSSR count). The molecule has 0 saturated heterocycles. The van der Waals surface area contributed by atoms with E-state index in [1.807, 2.05) is 6.07 Å². The number of carbonyl (C=O) groups excluding carboxylic acids is 1. The SMILES string of the molecule is C=C(C)C(=O)Oc1ccccc1.O=P(O)(O)O. The van der Waals surface area contributed by atoms with Crippen LogP contribution in [0.2, 0.25) is 0 Å². The largest absolute Gasteiger partial charge is 0.466 e. The second-order valence-electron chi connectivity index (χ2n) is 3.00. The van der Waals surface area contributed by atoms with Gasteiger partial charge in [0.2, 0.25) is 0 Å². The quantitative estimate of drug-likeness (QED) is 0.320. The molecule has 0 aromatic heterocycles. The monoisotopic (exact) mass is 260 g/mol. The minimum atomic E-state index is -4.64. The van der Waals surface area contributed by atoms with E-state index >= 15 is 0 Å². The van der Waals surface area contributed by atoms with Crippen molar-refractivity contribution in [2.45, 2.75) is 6.92 Å². The summed E-state index contributed by atoms with van der Waals surface area (Å²) in [5, 5.41) is 0. The van der Waals surface area contributed by atoms with Crippen molar-refractivity contribution < 1.29 is 28.8 Å². The van der Waals surface area contributed by atoms with Crippen molar-refractivity contribution in [1.82, 2.24) is 0 Å². The van der Waals surface area contributed by atoms with Gasteiger partial charge in [-0.2, -0.15) is 0 Å². The van der Waals surface area contributed by atoms with Gasteiger partial charge in [0.1, 0.15) is 5.75 Å². The zero-order valence-electron chi connectivity index (χ0n) is 9.11. The van der Waals surface area contributed by atoms with Gasteiger partial charge in [0.05, 0.1) is 0 Å². The lowest BCUT2D eigenvalue weighted by atomic mass is 10.3. The number of ether oxygens (including phenoxy) is 1. The average Bonchev–Trinajstić information content (AvgIpc) is 2.16. The van der Waals surface area contributed by atoms with Gasteiger partial charge in [-0.1, -0.05) is 24.8 Å². The van der Waals surface area contributed by atoms with Crippen LogP contribution in [-0.4, -0.2) is 20.6 Å². The first kappa shape index (κ1) is 15.5. The standard InChI is InChI=1S/C10H10O2.H3O4P/c1-8(2)10(11)12-9-6-4-3-5-7-9;1-5(2,3)4/h3-7H,1H2,2H3;(H3,1,2,3,4). The molecule has 0 aliphatic carbocycles. The van der Waals surface area contributed by atoms with Gasteiger partial charge in [-0.15, -0.1) is 0 Å². The van der Waals surface area contributed by atoms with Gasteiger partial charge < -0.3 is 19.4 Å². The van der Waals surface area contributed by atoms with E-state index in [2.05, 4.69) is 6.58 Å². The lowest BCUT2D eigenvalue weighted by Gasteiger charge is -2.01. The molecular formula is C10H13O6P. The smallest absolute Gasteiger partial charge is 0.423 e. The molecule has 3 N–H and O–H groups in total. The number of rotatable bonds is 2. The zero-order chi connectivity index (χ0) is 13.5. The third-order valence-electron chi connectivity index (χ3n) is 1.30. The average molecular weight is 260 g/mol. The third kappa shape index (κ3) is 10.8. The summed E-state index contributed by atoms with van der Waals surface area (Å²) in [6.45, 7) is 5.09. The highest BCUT2D eigenvalue weighted by molar-refractivity contribution is 7.45. The number of esters is 1. The second kappa shape index (κ2) is 6.98. The summed E-state index contributed by atoms with van der Waals surface area (Å²) in [5.74, 6) is 0.159. The summed E-state index contributed by atoms with van der Waals surface area (Å²) < 4.78 is 13.8. The number of benzene rings is 1. The van der Waals surface area contributed by atoms with Gasteiger partial charge in [0.25, 0.3) is 0 Å². The topological polar surface area (TPSA) is 104 Å². The minimum Gasteiger partial charge on any atom is -0.423 e. The summed E-state index contributed by atoms with van der Waals surface area (Å²) in [7, 11) is -4.64. The number of carbonyl (C=O) groups is 1. The molecule has 0 radical (unpaired) electrons. The van der Waals surface area contributed by atoms with Crippen LogP contribution in [0.15, 0.2) is 42.5 Å². The van der Waals surface area contributed by atoms with Gasteiger partial charge in [0.15, 0.2) is 0 Å². The maximum absolute atomic E-state index is 11.0. The van der Waals surface area contributed by atoms with E-state index in [0.717, 1.165) is 0 Å². The Morgan fingerprint density at radius 1 is 1.24 bits per heavy atom. The molecule has 1 aromatic carbocycles. The first-order chi connectivity index (χ1) is 7.70. The molecule has 0 fully saturated rings. The molecule has 1 aromatic rings. The number of para-hydroxylation sites is 1. The van der Waals surface area contributed by atoms with Crippen LogP contribution in [0.3, 0.4) is 0 Å². The Morgan fingerprint density at radius 3 is 2.00 bits per heavy atom. The summed E-state index contributed by atoms with van der Waals surface area (Å²) in [6.07, 6.45) is 0. The second-order valence-corrected chi connectivity index (χ2v) is 4.02. The molecule has 6 nitrogen and oxygen atoms in total. The molecule has 0 aliphatic rings. The molecule has 7 heteroatoms. The Bertz CT molecular complexity index is 413. The Kier molecular flexibility index (Phi) is 6.38. The molecule has 0 atom stereocenters. The summed E-state index contributed by atoms with van der Waals surface area (Å²) in [5.41, 5.74) is 0.402. The van der Waals surface area contributed by atoms with Crippen LogP contribution in [0.4, 0.5) is 0 Å². The Morgan fingerprint density at radius 2 is 1.65 bits per heavy atom. The van der Waals surface area contributed by atoms with E-state index in [9.17, 15) is 4.79 Å². The van der Waals surface area contributed by atoms with Crippen molar-refractivity contribution in [2.75, 3.05) is 0 Å². The van der Waals surface area contributed by atoms with Crippen molar-refractivity contribution >= 4 is 13.8 Å². The predicted octanol–water partition coefficient (Wildman–Crippen LogP) is 1.24. The first-order valence-corrected chi connectivity index (χ1v) is 5.97. The van der Waals surface area contributed by atoms with Crippen LogP contribution in [0.1, 0.15) is 6.92 Å². The van der Waals surface area contributed by atoms with Crippen molar-refractivity contribution in [3.8, 4) is 5.75 Å². The lowest BCUT2D eigenvalue weighted by Crippen LogP contribution is -2.07. The summed E-state index contributed by atoms with van der Waals surface area (Å²) in [4.78, 5) is 32.6. The highest BCUT2D eigenvalue weighted by Crippen LogP contribution is 2.25. The summed E-state index contributed by atoms with van der Waals surface area (Å²) in [6, 6.07) is 8.92. The number of phosphoric acid groups is 1.